The number of carbonyl (C=O) groups excluding carboxylic acids is 1. The molecule has 1 saturated carbocycles. The average Bonchev–Trinajstić information content (AvgIpc) is 3.30. The van der Waals surface area contributed by atoms with Gasteiger partial charge >= 0.3 is 6.09 Å². The molecule has 0 radical (unpaired) electrons. The number of anilines is 1. The van der Waals surface area contributed by atoms with E-state index < -0.39 is 6.09 Å². The summed E-state index contributed by atoms with van der Waals surface area (Å²) in [6, 6.07) is 6.76. The molecule has 2 heterocycles. The van der Waals surface area contributed by atoms with Crippen molar-refractivity contribution in [2.75, 3.05) is 25.1 Å². The highest BCUT2D eigenvalue weighted by molar-refractivity contribution is 7.97. The van der Waals surface area contributed by atoms with Crippen molar-refractivity contribution in [3.05, 3.63) is 29.4 Å². The maximum absolute atomic E-state index is 9.81. The minimum Gasteiger partial charge on any atom is -0.447 e. The van der Waals surface area contributed by atoms with Crippen molar-refractivity contribution in [2.45, 2.75) is 89.2 Å². The normalized spacial score (nSPS) is 17.3. The molecule has 1 aromatic carbocycles. The predicted octanol–water partition coefficient (Wildman–Crippen LogP) is 6.80. The van der Waals surface area contributed by atoms with E-state index in [1.165, 1.54) is 58.1 Å². The van der Waals surface area contributed by atoms with Crippen LogP contribution in [0.5, 0.6) is 0 Å². The Labute approximate surface area is 224 Å². The van der Waals surface area contributed by atoms with Crippen LogP contribution in [-0.4, -0.2) is 42.5 Å². The third-order valence-electron chi connectivity index (χ3n) is 6.62. The van der Waals surface area contributed by atoms with Crippen LogP contribution in [0.1, 0.15) is 77.6 Å². The second-order valence-electron chi connectivity index (χ2n) is 10.1. The fourth-order valence-electron chi connectivity index (χ4n) is 4.38. The predicted molar refractivity (Wildman–Crippen MR) is 151 cm³/mol. The highest BCUT2D eigenvalue weighted by Crippen LogP contribution is 2.41. The fraction of sp³-hybridized carbons (Fsp3) is 0.630. The number of hydrogen-bond donors (Lipinski definition) is 3. The van der Waals surface area contributed by atoms with Gasteiger partial charge in [-0.25, -0.2) is 9.78 Å². The van der Waals surface area contributed by atoms with E-state index in [4.69, 9.17) is 9.72 Å². The van der Waals surface area contributed by atoms with E-state index in [0.29, 0.717) is 11.8 Å². The van der Waals surface area contributed by atoms with Crippen molar-refractivity contribution in [3.63, 3.8) is 0 Å². The molecule has 4 N–H and O–H groups in total. The first kappa shape index (κ1) is 28.8. The topological polar surface area (TPSA) is 98.5 Å². The summed E-state index contributed by atoms with van der Waals surface area (Å²) in [7, 11) is 0. The van der Waals surface area contributed by atoms with Gasteiger partial charge in [0.2, 0.25) is 0 Å². The lowest BCUT2D eigenvalue weighted by molar-refractivity contribution is -0.0634. The van der Waals surface area contributed by atoms with E-state index >= 15 is 0 Å². The van der Waals surface area contributed by atoms with Crippen molar-refractivity contribution >= 4 is 35.1 Å². The van der Waals surface area contributed by atoms with Crippen molar-refractivity contribution in [1.82, 2.24) is 9.71 Å². The number of nitrogens with zero attached hydrogens (tertiary/aromatic N) is 1. The van der Waals surface area contributed by atoms with Crippen LogP contribution >= 0.6 is 23.3 Å². The van der Waals surface area contributed by atoms with Gasteiger partial charge in [0, 0.05) is 34.8 Å². The van der Waals surface area contributed by atoms with Gasteiger partial charge in [0.15, 0.2) is 0 Å². The van der Waals surface area contributed by atoms with Gasteiger partial charge in [-0.3, -0.25) is 4.72 Å². The number of benzene rings is 1. The number of nitrogens with one attached hydrogen (secondary N) is 2. The van der Waals surface area contributed by atoms with Gasteiger partial charge < -0.3 is 20.5 Å². The lowest BCUT2D eigenvalue weighted by atomic mass is 9.84. The van der Waals surface area contributed by atoms with E-state index in [0.717, 1.165) is 19.8 Å². The molecule has 0 atom stereocenters. The lowest BCUT2D eigenvalue weighted by Gasteiger charge is -2.46. The molecular weight excluding hydrogens is 492 g/mol. The summed E-state index contributed by atoms with van der Waals surface area (Å²) in [6.45, 7) is 12.6. The zero-order chi connectivity index (χ0) is 26.1. The smallest absolute Gasteiger partial charge is 0.404 e. The Morgan fingerprint density at radius 1 is 1.25 bits per heavy atom. The van der Waals surface area contributed by atoms with Crippen molar-refractivity contribution in [2.24, 2.45) is 11.7 Å². The van der Waals surface area contributed by atoms with E-state index in [1.54, 1.807) is 25.8 Å². The Kier molecular flexibility index (Phi) is 10.9. The second-order valence-corrected chi connectivity index (χ2v) is 12.1. The van der Waals surface area contributed by atoms with Gasteiger partial charge in [0.25, 0.3) is 0 Å². The van der Waals surface area contributed by atoms with Crippen molar-refractivity contribution < 1.29 is 14.3 Å². The largest absolute Gasteiger partial charge is 0.447 e. The molecule has 36 heavy (non-hydrogen) atoms. The Morgan fingerprint density at radius 3 is 2.50 bits per heavy atom. The van der Waals surface area contributed by atoms with Crippen LogP contribution in [0.25, 0.3) is 10.4 Å². The molecule has 1 aliphatic heterocycles. The molecule has 0 bridgehead atoms. The summed E-state index contributed by atoms with van der Waals surface area (Å²) in [4.78, 5) is 17.2. The molecule has 9 heteroatoms. The molecule has 1 amide bonds. The fourth-order valence-corrected chi connectivity index (χ4v) is 6.34. The lowest BCUT2D eigenvalue weighted by Crippen LogP contribution is -2.59. The first-order chi connectivity index (χ1) is 17.2. The van der Waals surface area contributed by atoms with Gasteiger partial charge in [-0.2, -0.15) is 0 Å². The zero-order valence-electron chi connectivity index (χ0n) is 22.3. The van der Waals surface area contributed by atoms with Crippen LogP contribution in [0.15, 0.2) is 29.3 Å². The van der Waals surface area contributed by atoms with Gasteiger partial charge in [-0.05, 0) is 56.7 Å². The molecule has 4 rings (SSSR count). The minimum atomic E-state index is -0.713. The Morgan fingerprint density at radius 2 is 1.97 bits per heavy atom. The second kappa shape index (κ2) is 13.7. The third-order valence-corrected chi connectivity index (χ3v) is 8.80. The molecule has 200 valence electrons. The first-order valence-corrected chi connectivity index (χ1v) is 14.7. The van der Waals surface area contributed by atoms with Crippen molar-refractivity contribution in [1.29, 1.82) is 0 Å². The molecule has 1 aliphatic carbocycles. The Bertz CT molecular complexity index is 970. The SMILES string of the molecule is CC(C)OC(N)=O.CCNSc1cc(NC2(C(C)C)COC2)ccc1-c1cnc(C2CCCCC2)s1. The van der Waals surface area contributed by atoms with E-state index in [2.05, 4.69) is 65.7 Å². The number of aromatic nitrogens is 1. The van der Waals surface area contributed by atoms with E-state index in [-0.39, 0.29) is 11.6 Å². The summed E-state index contributed by atoms with van der Waals surface area (Å²) in [6.07, 6.45) is 7.96. The number of ether oxygens (including phenoxy) is 2. The Hall–Kier alpha value is -1.81. The summed E-state index contributed by atoms with van der Waals surface area (Å²) in [5.74, 6) is 1.19. The molecule has 7 nitrogen and oxygen atoms in total. The van der Waals surface area contributed by atoms with Crippen LogP contribution in [0.4, 0.5) is 10.5 Å². The van der Waals surface area contributed by atoms with Crippen LogP contribution < -0.4 is 15.8 Å². The monoisotopic (exact) mass is 534 g/mol. The summed E-state index contributed by atoms with van der Waals surface area (Å²) < 4.78 is 13.4. The van der Waals surface area contributed by atoms with E-state index in [9.17, 15) is 4.79 Å². The molecule has 2 aliphatic rings. The molecule has 0 unspecified atom stereocenters. The quantitative estimate of drug-likeness (QED) is 0.304. The molecule has 1 aromatic heterocycles. The highest BCUT2D eigenvalue weighted by atomic mass is 32.2. The minimum absolute atomic E-state index is 0.0558. The van der Waals surface area contributed by atoms with E-state index in [1.807, 2.05) is 11.3 Å². The van der Waals surface area contributed by atoms with Crippen LogP contribution in [0, 0.1) is 5.92 Å². The number of thiazole rings is 1. The molecule has 0 spiro atoms. The van der Waals surface area contributed by atoms with Gasteiger partial charge in [-0.1, -0.05) is 46.1 Å². The molecule has 2 aromatic rings. The summed E-state index contributed by atoms with van der Waals surface area (Å²) >= 11 is 3.61. The number of primary amides is 1. The zero-order valence-corrected chi connectivity index (χ0v) is 23.9. The maximum atomic E-state index is 9.81. The Balaban J connectivity index is 0.000000454. The van der Waals surface area contributed by atoms with Crippen LogP contribution in [0.2, 0.25) is 0 Å². The highest BCUT2D eigenvalue weighted by Gasteiger charge is 2.41. The number of rotatable bonds is 9. The summed E-state index contributed by atoms with van der Waals surface area (Å²) in [5, 5.41) is 5.09. The van der Waals surface area contributed by atoms with Gasteiger partial charge in [-0.15, -0.1) is 11.3 Å². The maximum Gasteiger partial charge on any atom is 0.404 e. The number of carbonyl (C=O) groups is 1. The average molecular weight is 535 g/mol. The third kappa shape index (κ3) is 7.84. The van der Waals surface area contributed by atoms with Crippen LogP contribution in [0.3, 0.4) is 0 Å². The van der Waals surface area contributed by atoms with Gasteiger partial charge in [0.05, 0.1) is 34.7 Å². The standard InChI is InChI=1S/C23H33N3OS2.C4H9NO2/c1-4-25-29-20-12-18(26-23(16(2)3)14-27-15-23)10-11-19(20)21-13-24-22(28-21)17-8-6-5-7-9-17;1-3(2)7-4(5)6/h10-13,16-17,25-26H,4-9,14-15H2,1-3H3;3H,1-2H3,(H2,5,6). The first-order valence-electron chi connectivity index (χ1n) is 13.1. The number of hydrogen-bond acceptors (Lipinski definition) is 8. The molecular formula is C27H42N4O3S2. The summed E-state index contributed by atoms with van der Waals surface area (Å²) in [5.41, 5.74) is 7.14. The van der Waals surface area contributed by atoms with Crippen LogP contribution in [-0.2, 0) is 9.47 Å². The van der Waals surface area contributed by atoms with Crippen molar-refractivity contribution in [3.8, 4) is 10.4 Å². The molecule has 2 fully saturated rings. The van der Waals surface area contributed by atoms with Gasteiger partial charge in [0.1, 0.15) is 0 Å². The number of amides is 1. The molecule has 1 saturated heterocycles. The number of nitrogens with two attached hydrogens (primary N) is 1.